The lowest BCUT2D eigenvalue weighted by Gasteiger charge is -2.07. The third-order valence-electron chi connectivity index (χ3n) is 3.72. The molecule has 0 aliphatic carbocycles. The van der Waals surface area contributed by atoms with Crippen molar-refractivity contribution in [2.45, 2.75) is 6.92 Å². The number of fused-ring (bicyclic) bond motifs is 1. The molecular weight excluding hydrogens is 292 g/mol. The maximum atomic E-state index is 5.95. The van der Waals surface area contributed by atoms with Gasteiger partial charge in [-0.05, 0) is 30.2 Å². The van der Waals surface area contributed by atoms with Crippen LogP contribution in [0.25, 0.3) is 27.6 Å². The van der Waals surface area contributed by atoms with Crippen LogP contribution in [0.2, 0.25) is 0 Å². The molecule has 0 spiro atoms. The maximum Gasteiger partial charge on any atom is 0.216 e. The van der Waals surface area contributed by atoms with Crippen molar-refractivity contribution in [2.75, 3.05) is 5.73 Å². The second kappa shape index (κ2) is 4.96. The molecule has 4 rings (SSSR count). The molecule has 0 amide bonds. The van der Waals surface area contributed by atoms with Crippen molar-refractivity contribution in [3.05, 3.63) is 59.5 Å². The molecular formula is C17H14N4S. The number of hydrogen-bond donors (Lipinski definition) is 1. The summed E-state index contributed by atoms with van der Waals surface area (Å²) in [4.78, 5) is 0.885. The van der Waals surface area contributed by atoms with E-state index in [1.807, 2.05) is 36.4 Å². The average molecular weight is 306 g/mol. The van der Waals surface area contributed by atoms with E-state index in [-0.39, 0.29) is 0 Å². The average Bonchev–Trinajstić information content (AvgIpc) is 3.12. The van der Waals surface area contributed by atoms with E-state index in [0.29, 0.717) is 0 Å². The van der Waals surface area contributed by atoms with E-state index in [9.17, 15) is 0 Å². The number of rotatable bonds is 2. The first kappa shape index (κ1) is 13.0. The fourth-order valence-corrected chi connectivity index (χ4v) is 3.42. The van der Waals surface area contributed by atoms with Gasteiger partial charge in [0.25, 0.3) is 0 Å². The van der Waals surface area contributed by atoms with Crippen LogP contribution in [0.15, 0.2) is 53.9 Å². The molecule has 0 aliphatic heterocycles. The Balaban J connectivity index is 2.00. The van der Waals surface area contributed by atoms with Gasteiger partial charge in [-0.15, -0.1) is 21.5 Å². The van der Waals surface area contributed by atoms with Gasteiger partial charge in [-0.3, -0.25) is 4.40 Å². The molecule has 0 unspecified atom stereocenters. The largest absolute Gasteiger partial charge is 0.399 e. The highest BCUT2D eigenvalue weighted by atomic mass is 32.1. The first-order valence-electron chi connectivity index (χ1n) is 6.98. The van der Waals surface area contributed by atoms with Gasteiger partial charge in [0.15, 0.2) is 5.82 Å². The van der Waals surface area contributed by atoms with Crippen LogP contribution in [0, 0.1) is 6.92 Å². The summed E-state index contributed by atoms with van der Waals surface area (Å²) in [7, 11) is 0. The van der Waals surface area contributed by atoms with Crippen molar-refractivity contribution in [3.63, 3.8) is 0 Å². The number of aryl methyl sites for hydroxylation is 1. The Kier molecular flexibility index (Phi) is 2.94. The summed E-state index contributed by atoms with van der Waals surface area (Å²) in [5.74, 6) is 0.833. The zero-order valence-corrected chi connectivity index (χ0v) is 12.8. The maximum absolute atomic E-state index is 5.95. The second-order valence-electron chi connectivity index (χ2n) is 5.20. The fourth-order valence-electron chi connectivity index (χ4n) is 2.59. The van der Waals surface area contributed by atoms with Gasteiger partial charge in [0.1, 0.15) is 0 Å². The second-order valence-corrected chi connectivity index (χ2v) is 6.04. The summed E-state index contributed by atoms with van der Waals surface area (Å²) in [5.41, 5.74) is 11.1. The molecule has 4 nitrogen and oxygen atoms in total. The predicted octanol–water partition coefficient (Wildman–Crippen LogP) is 4.02. The summed E-state index contributed by atoms with van der Waals surface area (Å²) in [6, 6.07) is 16.2. The molecule has 22 heavy (non-hydrogen) atoms. The molecule has 0 saturated heterocycles. The first-order valence-corrected chi connectivity index (χ1v) is 7.86. The highest BCUT2D eigenvalue weighted by Crippen LogP contribution is 2.32. The normalized spacial score (nSPS) is 11.1. The molecule has 0 atom stereocenters. The summed E-state index contributed by atoms with van der Waals surface area (Å²) >= 11 is 1.59. The Morgan fingerprint density at radius 1 is 1.05 bits per heavy atom. The minimum absolute atomic E-state index is 0.730. The molecule has 0 bridgehead atoms. The van der Waals surface area contributed by atoms with Crippen LogP contribution in [0.1, 0.15) is 5.56 Å². The van der Waals surface area contributed by atoms with Crippen molar-refractivity contribution in [1.29, 1.82) is 0 Å². The van der Waals surface area contributed by atoms with Crippen molar-refractivity contribution >= 4 is 22.0 Å². The van der Waals surface area contributed by atoms with Crippen molar-refractivity contribution in [2.24, 2.45) is 0 Å². The van der Waals surface area contributed by atoms with Crippen LogP contribution in [0.3, 0.4) is 0 Å². The molecule has 0 aliphatic rings. The molecule has 108 valence electrons. The monoisotopic (exact) mass is 306 g/mol. The summed E-state index contributed by atoms with van der Waals surface area (Å²) in [6.07, 6.45) is 0. The number of aromatic nitrogens is 3. The number of hydrogen-bond acceptors (Lipinski definition) is 4. The lowest BCUT2D eigenvalue weighted by atomic mass is 10.1. The Hall–Kier alpha value is -2.66. The van der Waals surface area contributed by atoms with Gasteiger partial charge < -0.3 is 5.73 Å². The van der Waals surface area contributed by atoms with Gasteiger partial charge in [0, 0.05) is 16.6 Å². The number of anilines is 1. The fraction of sp³-hybridized carbons (Fsp3) is 0.0588. The van der Waals surface area contributed by atoms with E-state index in [1.165, 1.54) is 0 Å². The zero-order chi connectivity index (χ0) is 15.1. The van der Waals surface area contributed by atoms with Gasteiger partial charge in [-0.2, -0.15) is 0 Å². The quantitative estimate of drug-likeness (QED) is 0.569. The van der Waals surface area contributed by atoms with Crippen molar-refractivity contribution < 1.29 is 0 Å². The molecule has 0 saturated carbocycles. The zero-order valence-electron chi connectivity index (χ0n) is 12.0. The third-order valence-corrected chi connectivity index (χ3v) is 4.54. The van der Waals surface area contributed by atoms with Gasteiger partial charge in [-0.25, -0.2) is 0 Å². The number of nitrogens with zero attached hydrogens (tertiary/aromatic N) is 3. The molecule has 0 radical (unpaired) electrons. The Bertz CT molecular complexity index is 953. The van der Waals surface area contributed by atoms with Crippen LogP contribution in [-0.2, 0) is 0 Å². The minimum atomic E-state index is 0.730. The number of benzene rings is 2. The standard InChI is InChI=1S/C17H14N4S/c1-11-7-8-13(18)9-14(11)16-19-20-17-21(16)15(10-22-17)12-5-3-2-4-6-12/h2-10H,18H2,1H3. The van der Waals surface area contributed by atoms with Gasteiger partial charge in [-0.1, -0.05) is 36.4 Å². The van der Waals surface area contributed by atoms with E-state index < -0.39 is 0 Å². The van der Waals surface area contributed by atoms with E-state index in [4.69, 9.17) is 5.73 Å². The molecule has 0 fully saturated rings. The van der Waals surface area contributed by atoms with Gasteiger partial charge in [0.2, 0.25) is 4.96 Å². The number of thiazole rings is 1. The summed E-state index contributed by atoms with van der Waals surface area (Å²) in [5, 5.41) is 10.8. The summed E-state index contributed by atoms with van der Waals surface area (Å²) in [6.45, 7) is 2.06. The van der Waals surface area contributed by atoms with E-state index >= 15 is 0 Å². The Labute approximate surface area is 131 Å². The highest BCUT2D eigenvalue weighted by Gasteiger charge is 2.16. The number of nitrogen functional groups attached to an aromatic ring is 1. The molecule has 4 aromatic rings. The van der Waals surface area contributed by atoms with E-state index in [2.05, 4.69) is 39.0 Å². The molecule has 2 aromatic carbocycles. The predicted molar refractivity (Wildman–Crippen MR) is 90.9 cm³/mol. The highest BCUT2D eigenvalue weighted by molar-refractivity contribution is 7.15. The Morgan fingerprint density at radius 2 is 1.86 bits per heavy atom. The van der Waals surface area contributed by atoms with Crippen LogP contribution in [-0.4, -0.2) is 14.6 Å². The minimum Gasteiger partial charge on any atom is -0.399 e. The van der Waals surface area contributed by atoms with E-state index in [1.54, 1.807) is 11.3 Å². The molecule has 5 heteroatoms. The molecule has 2 N–H and O–H groups in total. The topological polar surface area (TPSA) is 56.2 Å². The Morgan fingerprint density at radius 3 is 2.68 bits per heavy atom. The lowest BCUT2D eigenvalue weighted by molar-refractivity contribution is 1.11. The lowest BCUT2D eigenvalue weighted by Crippen LogP contribution is -1.95. The van der Waals surface area contributed by atoms with Crippen molar-refractivity contribution in [3.8, 4) is 22.6 Å². The van der Waals surface area contributed by atoms with Gasteiger partial charge >= 0.3 is 0 Å². The summed E-state index contributed by atoms with van der Waals surface area (Å²) < 4.78 is 2.10. The van der Waals surface area contributed by atoms with Crippen molar-refractivity contribution in [1.82, 2.24) is 14.6 Å². The van der Waals surface area contributed by atoms with Crippen LogP contribution < -0.4 is 5.73 Å². The van der Waals surface area contributed by atoms with Crippen LogP contribution in [0.5, 0.6) is 0 Å². The smallest absolute Gasteiger partial charge is 0.216 e. The SMILES string of the molecule is Cc1ccc(N)cc1-c1nnc2scc(-c3ccccc3)n12. The molecule has 2 aromatic heterocycles. The van der Waals surface area contributed by atoms with Crippen LogP contribution in [0.4, 0.5) is 5.69 Å². The van der Waals surface area contributed by atoms with Crippen LogP contribution >= 0.6 is 11.3 Å². The third kappa shape index (κ3) is 1.98. The van der Waals surface area contributed by atoms with Gasteiger partial charge in [0.05, 0.1) is 5.69 Å². The van der Waals surface area contributed by atoms with E-state index in [0.717, 1.165) is 38.9 Å². The number of nitrogens with two attached hydrogens (primary N) is 1. The molecule has 2 heterocycles. The first-order chi connectivity index (χ1) is 10.7.